The minimum Gasteiger partial charge on any atom is -0.462 e. The van der Waals surface area contributed by atoms with E-state index in [0.717, 1.165) is 102 Å². The zero-order chi connectivity index (χ0) is 72.8. The average Bonchev–Trinajstić information content (AvgIpc) is 0.992. The highest BCUT2D eigenvalue weighted by Crippen LogP contribution is 2.45. The molecule has 0 bridgehead atoms. The molecule has 99 heavy (non-hydrogen) atoms. The smallest absolute Gasteiger partial charge is 0.462 e. The van der Waals surface area contributed by atoms with Gasteiger partial charge >= 0.3 is 39.5 Å². The molecule has 0 aromatic carbocycles. The molecule has 0 aromatic heterocycles. The number of carbonyl (C=O) groups excluding carboxylic acids is 4. The normalized spacial score (nSPS) is 13.9. The molecule has 0 radical (unpaired) electrons. The molecule has 5 atom stereocenters. The molecule has 0 amide bonds. The minimum absolute atomic E-state index is 0.105. The van der Waals surface area contributed by atoms with Gasteiger partial charge in [0.15, 0.2) is 12.2 Å². The Morgan fingerprint density at radius 2 is 0.465 bits per heavy atom. The first-order valence-electron chi connectivity index (χ1n) is 41.5. The van der Waals surface area contributed by atoms with Gasteiger partial charge in [-0.3, -0.25) is 37.3 Å². The summed E-state index contributed by atoms with van der Waals surface area (Å²) in [5.74, 6) is -0.671. The number of phosphoric acid groups is 2. The topological polar surface area (TPSA) is 237 Å². The Labute approximate surface area is 607 Å². The molecule has 0 aliphatic carbocycles. The van der Waals surface area contributed by atoms with Crippen LogP contribution >= 0.6 is 15.6 Å². The third-order valence-corrected chi connectivity index (χ3v) is 20.6. The molecule has 17 nitrogen and oxygen atoms in total. The Morgan fingerprint density at radius 1 is 0.273 bits per heavy atom. The summed E-state index contributed by atoms with van der Waals surface area (Å²) in [6, 6.07) is 0. The second-order valence-corrected chi connectivity index (χ2v) is 32.7. The van der Waals surface area contributed by atoms with Crippen molar-refractivity contribution in [1.82, 2.24) is 0 Å². The van der Waals surface area contributed by atoms with Gasteiger partial charge in [0.2, 0.25) is 0 Å². The maximum Gasteiger partial charge on any atom is 0.472 e. The number of hydrogen-bond acceptors (Lipinski definition) is 15. The fraction of sp³-hybridized carbons (Fsp3) is 0.950. The van der Waals surface area contributed by atoms with Gasteiger partial charge in [0, 0.05) is 25.7 Å². The van der Waals surface area contributed by atoms with Crippen molar-refractivity contribution >= 4 is 39.5 Å². The van der Waals surface area contributed by atoms with E-state index in [1.165, 1.54) is 231 Å². The van der Waals surface area contributed by atoms with Gasteiger partial charge in [0.05, 0.1) is 26.4 Å². The standard InChI is InChI=1S/C80H156O17P2/c1-7-9-11-13-15-17-19-21-23-25-26-27-28-29-31-33-35-39-45-52-58-64-79(84)96-75(68-90-77(82)62-56-50-44-38-34-32-30-24-22-20-18-16-14-12-10-8-2)70-94-98(86,87)92-66-74(81)67-93-99(88,89)95-71-76(69-91-78(83)63-57-51-47-41-43-49-55-61-73(5)6)97-80(85)65-59-53-46-40-36-37-42-48-54-60-72(3)4/h72-76,81H,7-71H2,1-6H3,(H,86,87)(H,88,89)/t74-,75-,76-/m1/s1. The van der Waals surface area contributed by atoms with Crippen LogP contribution in [0.15, 0.2) is 0 Å². The quantitative estimate of drug-likeness (QED) is 0.0222. The predicted octanol–water partition coefficient (Wildman–Crippen LogP) is 23.9. The molecule has 0 fully saturated rings. The first-order chi connectivity index (χ1) is 47.9. The average molecular weight is 1450 g/mol. The monoisotopic (exact) mass is 1450 g/mol. The van der Waals surface area contributed by atoms with Crippen LogP contribution in [0.1, 0.15) is 420 Å². The van der Waals surface area contributed by atoms with E-state index in [2.05, 4.69) is 41.5 Å². The highest BCUT2D eigenvalue weighted by Gasteiger charge is 2.30. The van der Waals surface area contributed by atoms with Gasteiger partial charge < -0.3 is 33.8 Å². The number of unbranched alkanes of at least 4 members (excludes halogenated alkanes) is 49. The first-order valence-corrected chi connectivity index (χ1v) is 44.5. The zero-order valence-corrected chi connectivity index (χ0v) is 66.6. The molecule has 0 saturated carbocycles. The van der Waals surface area contributed by atoms with Crippen molar-refractivity contribution in [1.29, 1.82) is 0 Å². The highest BCUT2D eigenvalue weighted by molar-refractivity contribution is 7.47. The fourth-order valence-corrected chi connectivity index (χ4v) is 13.9. The Bertz CT molecular complexity index is 1910. The van der Waals surface area contributed by atoms with Gasteiger partial charge in [0.1, 0.15) is 19.3 Å². The molecule has 0 rings (SSSR count). The molecule has 0 heterocycles. The maximum absolute atomic E-state index is 13.1. The molecule has 0 aliphatic rings. The lowest BCUT2D eigenvalue weighted by Crippen LogP contribution is -2.30. The molecule has 19 heteroatoms. The SMILES string of the molecule is CCCCCCCCCCCCCCCCCCCCCCCC(=O)O[C@H](COC(=O)CCCCCCCCCCCCCCCCCC)COP(=O)(O)OC[C@@H](O)COP(=O)(O)OC[C@@H](COC(=O)CCCCCCCCCC(C)C)OC(=O)CCCCCCCCCCCC(C)C. The molecular formula is C80H156O17P2. The summed E-state index contributed by atoms with van der Waals surface area (Å²) < 4.78 is 68.6. The van der Waals surface area contributed by atoms with E-state index in [4.69, 9.17) is 37.0 Å². The molecule has 0 saturated heterocycles. The summed E-state index contributed by atoms with van der Waals surface area (Å²) in [6.07, 6.45) is 61.3. The van der Waals surface area contributed by atoms with Crippen molar-refractivity contribution < 1.29 is 80.2 Å². The van der Waals surface area contributed by atoms with E-state index in [1.807, 2.05) is 0 Å². The van der Waals surface area contributed by atoms with E-state index in [-0.39, 0.29) is 25.7 Å². The number of ether oxygens (including phenoxy) is 4. The molecular weight excluding hydrogens is 1290 g/mol. The lowest BCUT2D eigenvalue weighted by atomic mass is 10.0. The second-order valence-electron chi connectivity index (χ2n) is 29.8. The lowest BCUT2D eigenvalue weighted by Gasteiger charge is -2.21. The number of esters is 4. The number of phosphoric ester groups is 2. The van der Waals surface area contributed by atoms with Crippen LogP contribution in [0.3, 0.4) is 0 Å². The number of carbonyl (C=O) groups is 4. The number of rotatable bonds is 79. The van der Waals surface area contributed by atoms with Gasteiger partial charge in [-0.05, 0) is 37.5 Å². The van der Waals surface area contributed by atoms with Gasteiger partial charge in [0.25, 0.3) is 0 Å². The van der Waals surface area contributed by atoms with E-state index >= 15 is 0 Å². The molecule has 2 unspecified atom stereocenters. The van der Waals surface area contributed by atoms with Crippen LogP contribution in [0.2, 0.25) is 0 Å². The van der Waals surface area contributed by atoms with Gasteiger partial charge in [-0.25, -0.2) is 9.13 Å². The van der Waals surface area contributed by atoms with Crippen molar-refractivity contribution in [2.45, 2.75) is 439 Å². The summed E-state index contributed by atoms with van der Waals surface area (Å²) in [6.45, 7) is 9.54. The fourth-order valence-electron chi connectivity index (χ4n) is 12.4. The van der Waals surface area contributed by atoms with Crippen molar-refractivity contribution in [2.24, 2.45) is 11.8 Å². The van der Waals surface area contributed by atoms with Crippen LogP contribution in [-0.4, -0.2) is 96.7 Å². The van der Waals surface area contributed by atoms with Crippen molar-refractivity contribution in [2.75, 3.05) is 39.6 Å². The molecule has 0 spiro atoms. The summed E-state index contributed by atoms with van der Waals surface area (Å²) in [5, 5.41) is 10.6. The minimum atomic E-state index is -4.96. The molecule has 3 N–H and O–H groups in total. The number of aliphatic hydroxyl groups is 1. The van der Waals surface area contributed by atoms with Crippen molar-refractivity contribution in [3.8, 4) is 0 Å². The van der Waals surface area contributed by atoms with E-state index in [0.29, 0.717) is 31.6 Å². The number of hydrogen-bond donors (Lipinski definition) is 3. The van der Waals surface area contributed by atoms with Crippen LogP contribution < -0.4 is 0 Å². The molecule has 0 aliphatic heterocycles. The van der Waals surface area contributed by atoms with Crippen LogP contribution in [0, 0.1) is 11.8 Å². The number of aliphatic hydroxyl groups excluding tert-OH is 1. The van der Waals surface area contributed by atoms with Gasteiger partial charge in [-0.15, -0.1) is 0 Å². The van der Waals surface area contributed by atoms with E-state index in [1.54, 1.807) is 0 Å². The van der Waals surface area contributed by atoms with Crippen LogP contribution in [-0.2, 0) is 65.4 Å². The third-order valence-electron chi connectivity index (χ3n) is 18.7. The predicted molar refractivity (Wildman–Crippen MR) is 405 cm³/mol. The Kier molecular flexibility index (Phi) is 70.3. The van der Waals surface area contributed by atoms with Crippen LogP contribution in [0.25, 0.3) is 0 Å². The summed E-state index contributed by atoms with van der Waals surface area (Å²) in [4.78, 5) is 72.9. The second kappa shape index (κ2) is 71.7. The molecule has 0 aromatic rings. The lowest BCUT2D eigenvalue weighted by molar-refractivity contribution is -0.161. The third kappa shape index (κ3) is 74.1. The zero-order valence-electron chi connectivity index (χ0n) is 64.8. The first kappa shape index (κ1) is 97.1. The Balaban J connectivity index is 5.21. The van der Waals surface area contributed by atoms with E-state index < -0.39 is 97.5 Å². The summed E-state index contributed by atoms with van der Waals surface area (Å²) in [7, 11) is -9.92. The summed E-state index contributed by atoms with van der Waals surface area (Å²) in [5.41, 5.74) is 0. The van der Waals surface area contributed by atoms with Gasteiger partial charge in [-0.1, -0.05) is 369 Å². The Hall–Kier alpha value is -1.94. The Morgan fingerprint density at radius 3 is 0.687 bits per heavy atom. The molecule has 588 valence electrons. The van der Waals surface area contributed by atoms with Crippen LogP contribution in [0.4, 0.5) is 0 Å². The van der Waals surface area contributed by atoms with Crippen molar-refractivity contribution in [3.05, 3.63) is 0 Å². The summed E-state index contributed by atoms with van der Waals surface area (Å²) >= 11 is 0. The largest absolute Gasteiger partial charge is 0.472 e. The van der Waals surface area contributed by atoms with E-state index in [9.17, 15) is 43.2 Å². The van der Waals surface area contributed by atoms with Crippen LogP contribution in [0.5, 0.6) is 0 Å². The highest BCUT2D eigenvalue weighted by atomic mass is 31.2. The van der Waals surface area contributed by atoms with Crippen molar-refractivity contribution in [3.63, 3.8) is 0 Å². The van der Waals surface area contributed by atoms with Gasteiger partial charge in [-0.2, -0.15) is 0 Å². The maximum atomic E-state index is 13.1.